The molecule has 9 nitrogen and oxygen atoms in total. The summed E-state index contributed by atoms with van der Waals surface area (Å²) in [5.41, 5.74) is 2.33. The number of carbonyl (C=O) groups is 2. The van der Waals surface area contributed by atoms with Gasteiger partial charge in [0, 0.05) is 39.7 Å². The minimum Gasteiger partial charge on any atom is -0.493 e. The SMILES string of the molecule is C=C1C(NC(=O)CC(C)(C)CNC(=O)c2cc(Cl)c(F)cc2OCC)=C(C(CN(C)C)OC)N(C)N1c1ccccc1. The number of amides is 2. The number of hydrogen-bond acceptors (Lipinski definition) is 7. The normalized spacial score (nSPS) is 14.5. The number of halogens is 2. The third kappa shape index (κ3) is 7.81. The van der Waals surface area contributed by atoms with Crippen molar-refractivity contribution in [1.82, 2.24) is 20.5 Å². The minimum absolute atomic E-state index is 0.0974. The molecule has 228 valence electrons. The summed E-state index contributed by atoms with van der Waals surface area (Å²) in [6, 6.07) is 12.1. The summed E-state index contributed by atoms with van der Waals surface area (Å²) >= 11 is 5.92. The zero-order valence-electron chi connectivity index (χ0n) is 25.4. The Bertz CT molecular complexity index is 1330. The van der Waals surface area contributed by atoms with E-state index in [9.17, 15) is 14.0 Å². The van der Waals surface area contributed by atoms with Crippen molar-refractivity contribution in [3.63, 3.8) is 0 Å². The van der Waals surface area contributed by atoms with E-state index in [2.05, 4.69) is 17.2 Å². The molecule has 0 fully saturated rings. The maximum absolute atomic E-state index is 14.0. The van der Waals surface area contributed by atoms with Crippen LogP contribution in [-0.2, 0) is 9.53 Å². The van der Waals surface area contributed by atoms with E-state index in [4.69, 9.17) is 21.1 Å². The molecular formula is C31H41ClFN5O4. The topological polar surface area (TPSA) is 86.4 Å². The number of para-hydroxylation sites is 1. The fourth-order valence-corrected chi connectivity index (χ4v) is 4.95. The molecule has 2 N–H and O–H groups in total. The van der Waals surface area contributed by atoms with E-state index < -0.39 is 17.1 Å². The van der Waals surface area contributed by atoms with E-state index in [1.165, 1.54) is 6.07 Å². The summed E-state index contributed by atoms with van der Waals surface area (Å²) in [7, 11) is 7.46. The third-order valence-electron chi connectivity index (χ3n) is 6.77. The Hall–Kier alpha value is -3.60. The Labute approximate surface area is 252 Å². The van der Waals surface area contributed by atoms with Crippen LogP contribution in [0.1, 0.15) is 37.6 Å². The molecule has 1 heterocycles. The van der Waals surface area contributed by atoms with Gasteiger partial charge in [-0.3, -0.25) is 19.6 Å². The second-order valence-corrected chi connectivity index (χ2v) is 11.5. The number of nitrogens with zero attached hydrogens (tertiary/aromatic N) is 3. The van der Waals surface area contributed by atoms with Crippen LogP contribution in [0.4, 0.5) is 10.1 Å². The lowest BCUT2D eigenvalue weighted by atomic mass is 9.88. The molecule has 2 aromatic carbocycles. The van der Waals surface area contributed by atoms with Gasteiger partial charge in [-0.25, -0.2) is 4.39 Å². The summed E-state index contributed by atoms with van der Waals surface area (Å²) < 4.78 is 25.2. The molecule has 11 heteroatoms. The van der Waals surface area contributed by atoms with Gasteiger partial charge in [0.25, 0.3) is 5.91 Å². The zero-order chi connectivity index (χ0) is 31.2. The zero-order valence-corrected chi connectivity index (χ0v) is 26.1. The summed E-state index contributed by atoms with van der Waals surface area (Å²) in [6.45, 7) is 10.8. The van der Waals surface area contributed by atoms with Crippen molar-refractivity contribution >= 4 is 29.1 Å². The number of likely N-dealkylation sites (N-methyl/N-ethyl adjacent to an activating group) is 2. The molecule has 1 unspecified atom stereocenters. The van der Waals surface area contributed by atoms with Crippen molar-refractivity contribution in [2.24, 2.45) is 5.41 Å². The van der Waals surface area contributed by atoms with E-state index in [-0.39, 0.29) is 47.9 Å². The second kappa shape index (κ2) is 14.0. The smallest absolute Gasteiger partial charge is 0.255 e. The Morgan fingerprint density at radius 3 is 2.45 bits per heavy atom. The molecule has 2 amide bonds. The molecule has 1 aliphatic rings. The quantitative estimate of drug-likeness (QED) is 0.341. The fraction of sp³-hybridized carbons (Fsp3) is 0.419. The van der Waals surface area contributed by atoms with Crippen LogP contribution in [0, 0.1) is 11.2 Å². The number of benzene rings is 2. The first kappa shape index (κ1) is 32.9. The van der Waals surface area contributed by atoms with Crippen molar-refractivity contribution in [3.8, 4) is 5.75 Å². The molecule has 0 aliphatic carbocycles. The highest BCUT2D eigenvalue weighted by atomic mass is 35.5. The molecule has 0 saturated heterocycles. The number of ether oxygens (including phenoxy) is 2. The van der Waals surface area contributed by atoms with Gasteiger partial charge in [-0.2, -0.15) is 0 Å². The third-order valence-corrected chi connectivity index (χ3v) is 7.06. The predicted molar refractivity (Wildman–Crippen MR) is 164 cm³/mol. The lowest BCUT2D eigenvalue weighted by molar-refractivity contribution is -0.122. The highest BCUT2D eigenvalue weighted by molar-refractivity contribution is 6.31. The Morgan fingerprint density at radius 1 is 1.19 bits per heavy atom. The van der Waals surface area contributed by atoms with Crippen LogP contribution in [0.3, 0.4) is 0 Å². The van der Waals surface area contributed by atoms with E-state index >= 15 is 0 Å². The number of hydrazine groups is 1. The number of hydrogen-bond donors (Lipinski definition) is 2. The maximum Gasteiger partial charge on any atom is 0.255 e. The maximum atomic E-state index is 14.0. The predicted octanol–water partition coefficient (Wildman–Crippen LogP) is 4.81. The molecule has 1 atom stereocenters. The minimum atomic E-state index is -0.673. The Balaban J connectivity index is 1.78. The highest BCUT2D eigenvalue weighted by Gasteiger charge is 2.37. The monoisotopic (exact) mass is 601 g/mol. The average Bonchev–Trinajstić information content (AvgIpc) is 3.16. The van der Waals surface area contributed by atoms with Crippen LogP contribution in [-0.4, -0.2) is 75.8 Å². The highest BCUT2D eigenvalue weighted by Crippen LogP contribution is 2.36. The number of rotatable bonds is 13. The summed E-state index contributed by atoms with van der Waals surface area (Å²) in [5, 5.41) is 9.61. The van der Waals surface area contributed by atoms with Gasteiger partial charge in [-0.1, -0.05) is 50.2 Å². The Kier molecular flexibility index (Phi) is 11.0. The molecule has 2 aromatic rings. The van der Waals surface area contributed by atoms with Gasteiger partial charge in [0.2, 0.25) is 5.91 Å². The molecule has 42 heavy (non-hydrogen) atoms. The molecular weight excluding hydrogens is 561 g/mol. The molecule has 1 aliphatic heterocycles. The molecule has 0 spiro atoms. The Morgan fingerprint density at radius 2 is 1.86 bits per heavy atom. The largest absolute Gasteiger partial charge is 0.493 e. The van der Waals surface area contributed by atoms with Crippen molar-refractivity contribution in [1.29, 1.82) is 0 Å². The van der Waals surface area contributed by atoms with E-state index in [1.54, 1.807) is 14.0 Å². The van der Waals surface area contributed by atoms with Crippen LogP contribution >= 0.6 is 11.6 Å². The number of anilines is 1. The van der Waals surface area contributed by atoms with Crippen LogP contribution in [0.2, 0.25) is 5.02 Å². The van der Waals surface area contributed by atoms with E-state index in [0.29, 0.717) is 17.9 Å². The molecule has 0 radical (unpaired) electrons. The van der Waals surface area contributed by atoms with Gasteiger partial charge in [0.05, 0.1) is 40.0 Å². The van der Waals surface area contributed by atoms with Crippen molar-refractivity contribution < 1.29 is 23.5 Å². The van der Waals surface area contributed by atoms with Gasteiger partial charge in [-0.15, -0.1) is 0 Å². The van der Waals surface area contributed by atoms with Gasteiger partial charge in [0.15, 0.2) is 0 Å². The van der Waals surface area contributed by atoms with Crippen LogP contribution in [0.15, 0.2) is 66.1 Å². The molecule has 0 saturated carbocycles. The molecule has 0 aromatic heterocycles. The second-order valence-electron chi connectivity index (χ2n) is 11.1. The molecule has 0 bridgehead atoms. The number of methoxy groups -OCH3 is 1. The fourth-order valence-electron chi connectivity index (χ4n) is 4.79. The van der Waals surface area contributed by atoms with Gasteiger partial charge in [0.1, 0.15) is 17.7 Å². The van der Waals surface area contributed by atoms with Gasteiger partial charge < -0.3 is 25.0 Å². The summed E-state index contributed by atoms with van der Waals surface area (Å²) in [5.74, 6) is -1.29. The van der Waals surface area contributed by atoms with Crippen LogP contribution in [0.25, 0.3) is 0 Å². The lowest BCUT2D eigenvalue weighted by Gasteiger charge is -2.33. The van der Waals surface area contributed by atoms with E-state index in [0.717, 1.165) is 17.5 Å². The number of nitrogens with one attached hydrogen (secondary N) is 2. The average molecular weight is 602 g/mol. The van der Waals surface area contributed by atoms with Crippen molar-refractivity contribution in [2.75, 3.05) is 53.0 Å². The first-order valence-corrected chi connectivity index (χ1v) is 14.1. The summed E-state index contributed by atoms with van der Waals surface area (Å²) in [6.07, 6.45) is -0.250. The van der Waals surface area contributed by atoms with Gasteiger partial charge in [-0.05, 0) is 44.6 Å². The van der Waals surface area contributed by atoms with Gasteiger partial charge >= 0.3 is 0 Å². The van der Waals surface area contributed by atoms with E-state index in [1.807, 2.05) is 80.2 Å². The first-order chi connectivity index (χ1) is 19.8. The van der Waals surface area contributed by atoms with Crippen molar-refractivity contribution in [2.45, 2.75) is 33.3 Å². The van der Waals surface area contributed by atoms with Crippen LogP contribution in [0.5, 0.6) is 5.75 Å². The summed E-state index contributed by atoms with van der Waals surface area (Å²) in [4.78, 5) is 28.5. The standard InChI is InChI=1S/C31H41ClFN5O4/c1-9-42-25-16-24(33)23(32)15-22(25)30(40)34-19-31(3,4)17-27(39)35-28-20(2)38(21-13-11-10-12-14-21)37(7)29(28)26(41-8)18-36(5)6/h10-16,26H,2,9,17-19H2,1,3-8H3,(H,34,40)(H,35,39). The molecule has 3 rings (SSSR count). The first-order valence-electron chi connectivity index (χ1n) is 13.7. The number of carbonyl (C=O) groups excluding carboxylic acids is 2. The lowest BCUT2D eigenvalue weighted by Crippen LogP contribution is -2.40. The van der Waals surface area contributed by atoms with Crippen molar-refractivity contribution in [3.05, 3.63) is 82.5 Å². The van der Waals surface area contributed by atoms with Crippen LogP contribution < -0.4 is 20.4 Å².